The molecule has 0 unspecified atom stereocenters. The van der Waals surface area contributed by atoms with E-state index in [1.54, 1.807) is 19.1 Å². The standard InChI is InChI=1S/C13H15N3O3S/c1-3-11(17)16-13-15-9-6-8(4-5-10(9)20-13)14-12(18)7-19-2/h4-6H,3,7H2,1-2H3,(H,14,18)(H,15,16,17). The highest BCUT2D eigenvalue weighted by Gasteiger charge is 2.08. The van der Waals surface area contributed by atoms with Crippen molar-refractivity contribution in [2.75, 3.05) is 24.4 Å². The van der Waals surface area contributed by atoms with Gasteiger partial charge in [0.15, 0.2) is 5.13 Å². The van der Waals surface area contributed by atoms with Gasteiger partial charge in [-0.15, -0.1) is 0 Å². The fourth-order valence-corrected chi connectivity index (χ4v) is 2.46. The number of fused-ring (bicyclic) bond motifs is 1. The summed E-state index contributed by atoms with van der Waals surface area (Å²) in [5, 5.41) is 5.99. The molecule has 0 bridgehead atoms. The van der Waals surface area contributed by atoms with E-state index in [4.69, 9.17) is 4.74 Å². The molecule has 7 heteroatoms. The van der Waals surface area contributed by atoms with Crippen LogP contribution in [0.25, 0.3) is 10.2 Å². The van der Waals surface area contributed by atoms with Crippen LogP contribution in [0.3, 0.4) is 0 Å². The van der Waals surface area contributed by atoms with E-state index in [1.165, 1.54) is 18.4 Å². The van der Waals surface area contributed by atoms with E-state index in [2.05, 4.69) is 15.6 Å². The largest absolute Gasteiger partial charge is 0.375 e. The second-order valence-corrected chi connectivity index (χ2v) is 5.12. The molecule has 0 saturated carbocycles. The van der Waals surface area contributed by atoms with Crippen LogP contribution in [0.1, 0.15) is 13.3 Å². The molecule has 0 fully saturated rings. The molecule has 0 atom stereocenters. The molecule has 0 aliphatic carbocycles. The Morgan fingerprint density at radius 1 is 1.30 bits per heavy atom. The molecule has 1 aromatic carbocycles. The average Bonchev–Trinajstić information content (AvgIpc) is 2.80. The Hall–Kier alpha value is -1.99. The molecule has 2 rings (SSSR count). The Labute approximate surface area is 120 Å². The molecule has 2 amide bonds. The molecule has 6 nitrogen and oxygen atoms in total. The average molecular weight is 293 g/mol. The Kier molecular flexibility index (Phi) is 4.65. The maximum Gasteiger partial charge on any atom is 0.250 e. The summed E-state index contributed by atoms with van der Waals surface area (Å²) in [4.78, 5) is 27.1. The van der Waals surface area contributed by atoms with Crippen molar-refractivity contribution < 1.29 is 14.3 Å². The lowest BCUT2D eigenvalue weighted by atomic mass is 10.3. The number of thiazole rings is 1. The van der Waals surface area contributed by atoms with Crippen LogP contribution in [0.5, 0.6) is 0 Å². The van der Waals surface area contributed by atoms with Crippen molar-refractivity contribution in [1.29, 1.82) is 0 Å². The lowest BCUT2D eigenvalue weighted by Gasteiger charge is -2.03. The zero-order valence-electron chi connectivity index (χ0n) is 11.2. The van der Waals surface area contributed by atoms with Crippen LogP contribution >= 0.6 is 11.3 Å². The maximum atomic E-state index is 11.4. The quantitative estimate of drug-likeness (QED) is 0.886. The first-order valence-electron chi connectivity index (χ1n) is 6.11. The molecule has 0 aliphatic heterocycles. The Morgan fingerprint density at radius 2 is 2.10 bits per heavy atom. The minimum atomic E-state index is -0.221. The molecule has 0 saturated heterocycles. The van der Waals surface area contributed by atoms with Gasteiger partial charge in [0, 0.05) is 19.2 Å². The fraction of sp³-hybridized carbons (Fsp3) is 0.308. The van der Waals surface area contributed by atoms with E-state index < -0.39 is 0 Å². The van der Waals surface area contributed by atoms with Crippen LogP contribution in [-0.4, -0.2) is 30.5 Å². The molecular formula is C13H15N3O3S. The van der Waals surface area contributed by atoms with Gasteiger partial charge in [0.05, 0.1) is 10.2 Å². The third-order valence-electron chi connectivity index (χ3n) is 2.51. The number of hydrogen-bond acceptors (Lipinski definition) is 5. The Morgan fingerprint density at radius 3 is 2.80 bits per heavy atom. The van der Waals surface area contributed by atoms with Crippen LogP contribution in [0.15, 0.2) is 18.2 Å². The summed E-state index contributed by atoms with van der Waals surface area (Å²) in [5.74, 6) is -0.292. The lowest BCUT2D eigenvalue weighted by Crippen LogP contribution is -2.16. The molecule has 0 radical (unpaired) electrons. The first-order chi connectivity index (χ1) is 9.62. The molecule has 2 N–H and O–H groups in total. The van der Waals surface area contributed by atoms with E-state index >= 15 is 0 Å². The number of carbonyl (C=O) groups excluding carboxylic acids is 2. The molecule has 1 heterocycles. The van der Waals surface area contributed by atoms with Gasteiger partial charge in [-0.2, -0.15) is 0 Å². The predicted octanol–water partition coefficient (Wildman–Crippen LogP) is 2.23. The van der Waals surface area contributed by atoms with Gasteiger partial charge >= 0.3 is 0 Å². The summed E-state index contributed by atoms with van der Waals surface area (Å²) in [6.07, 6.45) is 0.411. The van der Waals surface area contributed by atoms with Crippen molar-refractivity contribution >= 4 is 44.2 Å². The maximum absolute atomic E-state index is 11.4. The topological polar surface area (TPSA) is 80.3 Å². The van der Waals surface area contributed by atoms with Crippen LogP contribution in [0, 0.1) is 0 Å². The summed E-state index contributed by atoms with van der Waals surface area (Å²) in [6, 6.07) is 5.41. The normalized spacial score (nSPS) is 10.5. The second-order valence-electron chi connectivity index (χ2n) is 4.08. The van der Waals surface area contributed by atoms with E-state index in [0.717, 1.165) is 10.2 Å². The van der Waals surface area contributed by atoms with Crippen molar-refractivity contribution in [1.82, 2.24) is 4.98 Å². The molecule has 1 aromatic heterocycles. The number of methoxy groups -OCH3 is 1. The van der Waals surface area contributed by atoms with Crippen molar-refractivity contribution in [3.8, 4) is 0 Å². The SMILES string of the molecule is CCC(=O)Nc1nc2cc(NC(=O)COC)ccc2s1. The molecule has 2 aromatic rings. The molecule has 20 heavy (non-hydrogen) atoms. The van der Waals surface area contributed by atoms with E-state index in [1.807, 2.05) is 6.07 Å². The lowest BCUT2D eigenvalue weighted by molar-refractivity contribution is -0.119. The van der Waals surface area contributed by atoms with E-state index in [9.17, 15) is 9.59 Å². The fourth-order valence-electron chi connectivity index (χ4n) is 1.59. The number of nitrogens with one attached hydrogen (secondary N) is 2. The Balaban J connectivity index is 2.17. The van der Waals surface area contributed by atoms with Crippen molar-refractivity contribution in [2.45, 2.75) is 13.3 Å². The molecule has 106 valence electrons. The highest BCUT2D eigenvalue weighted by Crippen LogP contribution is 2.28. The zero-order valence-corrected chi connectivity index (χ0v) is 12.0. The van der Waals surface area contributed by atoms with Gasteiger partial charge in [-0.3, -0.25) is 9.59 Å². The Bertz CT molecular complexity index is 639. The van der Waals surface area contributed by atoms with Gasteiger partial charge in [-0.25, -0.2) is 4.98 Å². The number of amides is 2. The monoisotopic (exact) mass is 293 g/mol. The van der Waals surface area contributed by atoms with Crippen LogP contribution in [0.2, 0.25) is 0 Å². The van der Waals surface area contributed by atoms with Gasteiger partial charge < -0.3 is 15.4 Å². The number of anilines is 2. The van der Waals surface area contributed by atoms with Crippen LogP contribution in [-0.2, 0) is 14.3 Å². The number of ether oxygens (including phenoxy) is 1. The number of hydrogen-bond donors (Lipinski definition) is 2. The summed E-state index contributed by atoms with van der Waals surface area (Å²) in [6.45, 7) is 1.79. The van der Waals surface area contributed by atoms with Gasteiger partial charge in [0.1, 0.15) is 6.61 Å². The minimum absolute atomic E-state index is 0.00686. The summed E-state index contributed by atoms with van der Waals surface area (Å²) < 4.78 is 5.70. The van der Waals surface area contributed by atoms with Crippen molar-refractivity contribution in [2.24, 2.45) is 0 Å². The van der Waals surface area contributed by atoms with E-state index in [0.29, 0.717) is 17.2 Å². The van der Waals surface area contributed by atoms with Gasteiger partial charge in [-0.05, 0) is 18.2 Å². The minimum Gasteiger partial charge on any atom is -0.375 e. The summed E-state index contributed by atoms with van der Waals surface area (Å²) in [5.41, 5.74) is 1.38. The van der Waals surface area contributed by atoms with Crippen molar-refractivity contribution in [3.63, 3.8) is 0 Å². The van der Waals surface area contributed by atoms with Crippen LogP contribution in [0.4, 0.5) is 10.8 Å². The van der Waals surface area contributed by atoms with Crippen LogP contribution < -0.4 is 10.6 Å². The summed E-state index contributed by atoms with van der Waals surface area (Å²) in [7, 11) is 1.46. The number of aromatic nitrogens is 1. The van der Waals surface area contributed by atoms with Gasteiger partial charge in [0.25, 0.3) is 0 Å². The first kappa shape index (κ1) is 14.4. The highest BCUT2D eigenvalue weighted by molar-refractivity contribution is 7.22. The smallest absolute Gasteiger partial charge is 0.250 e. The van der Waals surface area contributed by atoms with E-state index in [-0.39, 0.29) is 18.4 Å². The van der Waals surface area contributed by atoms with Gasteiger partial charge in [-0.1, -0.05) is 18.3 Å². The number of nitrogens with zero attached hydrogens (tertiary/aromatic N) is 1. The molecular weight excluding hydrogens is 278 g/mol. The predicted molar refractivity (Wildman–Crippen MR) is 79.0 cm³/mol. The third kappa shape index (κ3) is 3.52. The molecule has 0 aliphatic rings. The van der Waals surface area contributed by atoms with Gasteiger partial charge in [0.2, 0.25) is 11.8 Å². The highest BCUT2D eigenvalue weighted by atomic mass is 32.1. The van der Waals surface area contributed by atoms with Crippen molar-refractivity contribution in [3.05, 3.63) is 18.2 Å². The summed E-state index contributed by atoms with van der Waals surface area (Å²) >= 11 is 1.40. The number of carbonyl (C=O) groups is 2. The second kappa shape index (κ2) is 6.44. The zero-order chi connectivity index (χ0) is 14.5. The number of rotatable bonds is 5. The first-order valence-corrected chi connectivity index (χ1v) is 6.93. The molecule has 0 spiro atoms. The number of benzene rings is 1. The third-order valence-corrected chi connectivity index (χ3v) is 3.47.